The summed E-state index contributed by atoms with van der Waals surface area (Å²) in [4.78, 5) is 0. The first kappa shape index (κ1) is 18.7. The van der Waals surface area contributed by atoms with Crippen LogP contribution in [0, 0.1) is 0 Å². The number of ether oxygens (including phenoxy) is 4. The largest absolute Gasteiger partial charge is 0.507 e. The number of benzene rings is 2. The highest BCUT2D eigenvalue weighted by molar-refractivity contribution is 5.50. The lowest BCUT2D eigenvalue weighted by atomic mass is 9.99. The molecular formula is C19H24O6. The molecule has 0 saturated heterocycles. The van der Waals surface area contributed by atoms with Crippen molar-refractivity contribution >= 4 is 0 Å². The van der Waals surface area contributed by atoms with Crippen LogP contribution in [0.1, 0.15) is 11.1 Å². The van der Waals surface area contributed by atoms with Crippen LogP contribution < -0.4 is 18.9 Å². The Hall–Kier alpha value is -2.60. The van der Waals surface area contributed by atoms with Gasteiger partial charge >= 0.3 is 0 Å². The first-order chi connectivity index (χ1) is 12.0. The molecule has 25 heavy (non-hydrogen) atoms. The maximum atomic E-state index is 10.4. The van der Waals surface area contributed by atoms with E-state index in [2.05, 4.69) is 0 Å². The number of methoxy groups -OCH3 is 4. The fourth-order valence-electron chi connectivity index (χ4n) is 2.70. The second-order valence-electron chi connectivity index (χ2n) is 5.58. The van der Waals surface area contributed by atoms with Crippen LogP contribution >= 0.6 is 0 Å². The molecule has 0 amide bonds. The second-order valence-corrected chi connectivity index (χ2v) is 5.58. The van der Waals surface area contributed by atoms with Crippen LogP contribution in [0.2, 0.25) is 0 Å². The van der Waals surface area contributed by atoms with Crippen LogP contribution in [0.3, 0.4) is 0 Å². The molecule has 1 atom stereocenters. The molecule has 2 N–H and O–H groups in total. The molecule has 6 nitrogen and oxygen atoms in total. The number of aliphatic hydroxyl groups excluding tert-OH is 1. The normalized spacial score (nSPS) is 11.7. The van der Waals surface area contributed by atoms with Crippen LogP contribution in [0.15, 0.2) is 30.3 Å². The summed E-state index contributed by atoms with van der Waals surface area (Å²) >= 11 is 0. The van der Waals surface area contributed by atoms with Crippen molar-refractivity contribution in [2.75, 3.05) is 28.4 Å². The summed E-state index contributed by atoms with van der Waals surface area (Å²) in [5.41, 5.74) is 1.44. The average molecular weight is 348 g/mol. The van der Waals surface area contributed by atoms with Crippen LogP contribution in [0.4, 0.5) is 0 Å². The molecule has 0 unspecified atom stereocenters. The van der Waals surface area contributed by atoms with Gasteiger partial charge < -0.3 is 29.2 Å². The lowest BCUT2D eigenvalue weighted by Crippen LogP contribution is -2.15. The van der Waals surface area contributed by atoms with Crippen molar-refractivity contribution in [2.24, 2.45) is 0 Å². The maximum absolute atomic E-state index is 10.4. The lowest BCUT2D eigenvalue weighted by molar-refractivity contribution is 0.173. The first-order valence-electron chi connectivity index (χ1n) is 7.85. The Morgan fingerprint density at radius 3 is 2.08 bits per heavy atom. The summed E-state index contributed by atoms with van der Waals surface area (Å²) in [5.74, 6) is 2.24. The van der Waals surface area contributed by atoms with Gasteiger partial charge in [-0.05, 0) is 24.1 Å². The average Bonchev–Trinajstić information content (AvgIpc) is 2.62. The van der Waals surface area contributed by atoms with E-state index < -0.39 is 6.10 Å². The van der Waals surface area contributed by atoms with Gasteiger partial charge in [0.15, 0.2) is 11.5 Å². The summed E-state index contributed by atoms with van der Waals surface area (Å²) < 4.78 is 20.9. The summed E-state index contributed by atoms with van der Waals surface area (Å²) in [7, 11) is 6.17. The third kappa shape index (κ3) is 4.48. The first-order valence-corrected chi connectivity index (χ1v) is 7.85. The predicted molar refractivity (Wildman–Crippen MR) is 94.2 cm³/mol. The van der Waals surface area contributed by atoms with Crippen molar-refractivity contribution in [3.63, 3.8) is 0 Å². The van der Waals surface area contributed by atoms with Crippen LogP contribution in [-0.4, -0.2) is 44.8 Å². The standard InChI is InChI=1S/C19H24O6/c1-22-14-10-16(21)15(18(11-14)24-3)9-13(20)7-12-5-6-17(23-2)19(8-12)25-4/h5-6,8,10-11,13,20-21H,7,9H2,1-4H3/t13-/m1/s1. The number of aliphatic hydroxyl groups is 1. The molecule has 0 radical (unpaired) electrons. The Labute approximate surface area is 147 Å². The van der Waals surface area contributed by atoms with E-state index in [0.29, 0.717) is 35.0 Å². The molecule has 0 aliphatic rings. The zero-order chi connectivity index (χ0) is 18.4. The number of phenols is 1. The Morgan fingerprint density at radius 2 is 1.48 bits per heavy atom. The number of hydrogen-bond donors (Lipinski definition) is 2. The zero-order valence-corrected chi connectivity index (χ0v) is 14.9. The summed E-state index contributed by atoms with van der Waals surface area (Å²) in [6.07, 6.45) is -0.0613. The Morgan fingerprint density at radius 1 is 0.800 bits per heavy atom. The zero-order valence-electron chi connectivity index (χ0n) is 14.9. The molecule has 2 aromatic rings. The molecule has 0 aliphatic carbocycles. The van der Waals surface area contributed by atoms with E-state index in [1.165, 1.54) is 20.3 Å². The van der Waals surface area contributed by atoms with E-state index in [9.17, 15) is 10.2 Å². The molecule has 136 valence electrons. The van der Waals surface area contributed by atoms with E-state index in [0.717, 1.165) is 5.56 Å². The molecule has 2 rings (SSSR count). The molecule has 0 fully saturated rings. The fourth-order valence-corrected chi connectivity index (χ4v) is 2.70. The Bertz CT molecular complexity index is 713. The molecular weight excluding hydrogens is 324 g/mol. The van der Waals surface area contributed by atoms with Gasteiger partial charge in [-0.1, -0.05) is 6.07 Å². The van der Waals surface area contributed by atoms with Crippen LogP contribution in [-0.2, 0) is 12.8 Å². The molecule has 0 saturated carbocycles. The van der Waals surface area contributed by atoms with Gasteiger partial charge in [0.1, 0.15) is 17.2 Å². The van der Waals surface area contributed by atoms with Gasteiger partial charge in [-0.2, -0.15) is 0 Å². The smallest absolute Gasteiger partial charge is 0.160 e. The topological polar surface area (TPSA) is 77.4 Å². The van der Waals surface area contributed by atoms with E-state index in [4.69, 9.17) is 18.9 Å². The van der Waals surface area contributed by atoms with E-state index in [1.54, 1.807) is 26.4 Å². The second kappa shape index (κ2) is 8.48. The van der Waals surface area contributed by atoms with E-state index in [-0.39, 0.29) is 12.2 Å². The number of aromatic hydroxyl groups is 1. The highest BCUT2D eigenvalue weighted by Crippen LogP contribution is 2.35. The third-order valence-electron chi connectivity index (χ3n) is 3.97. The van der Waals surface area contributed by atoms with Gasteiger partial charge in [0.25, 0.3) is 0 Å². The molecule has 0 aromatic heterocycles. The monoisotopic (exact) mass is 348 g/mol. The SMILES string of the molecule is COc1cc(O)c(C[C@H](O)Cc2ccc(OC)c(OC)c2)c(OC)c1. The number of hydrogen-bond acceptors (Lipinski definition) is 6. The van der Waals surface area contributed by atoms with Gasteiger partial charge in [-0.3, -0.25) is 0 Å². The van der Waals surface area contributed by atoms with Crippen molar-refractivity contribution in [1.82, 2.24) is 0 Å². The Balaban J connectivity index is 2.16. The number of phenolic OH excluding ortho intramolecular Hbond substituents is 1. The quantitative estimate of drug-likeness (QED) is 0.763. The van der Waals surface area contributed by atoms with Gasteiger partial charge in [0, 0.05) is 24.1 Å². The molecule has 6 heteroatoms. The minimum atomic E-state index is -0.703. The van der Waals surface area contributed by atoms with Crippen LogP contribution in [0.25, 0.3) is 0 Å². The van der Waals surface area contributed by atoms with Crippen molar-refractivity contribution < 1.29 is 29.2 Å². The summed E-state index contributed by atoms with van der Waals surface area (Å²) in [6.45, 7) is 0. The van der Waals surface area contributed by atoms with Gasteiger partial charge in [0.05, 0.1) is 34.5 Å². The predicted octanol–water partition coefficient (Wildman–Crippen LogP) is 2.57. The third-order valence-corrected chi connectivity index (χ3v) is 3.97. The molecule has 0 heterocycles. The van der Waals surface area contributed by atoms with Crippen molar-refractivity contribution in [2.45, 2.75) is 18.9 Å². The number of rotatable bonds is 8. The highest BCUT2D eigenvalue weighted by atomic mass is 16.5. The molecule has 0 aliphatic heterocycles. The van der Waals surface area contributed by atoms with Crippen molar-refractivity contribution in [3.8, 4) is 28.7 Å². The fraction of sp³-hybridized carbons (Fsp3) is 0.368. The molecule has 2 aromatic carbocycles. The maximum Gasteiger partial charge on any atom is 0.160 e. The summed E-state index contributed by atoms with van der Waals surface area (Å²) in [5, 5.41) is 20.6. The minimum Gasteiger partial charge on any atom is -0.507 e. The van der Waals surface area contributed by atoms with Crippen molar-refractivity contribution in [1.29, 1.82) is 0 Å². The highest BCUT2D eigenvalue weighted by Gasteiger charge is 2.17. The van der Waals surface area contributed by atoms with E-state index in [1.807, 2.05) is 12.1 Å². The minimum absolute atomic E-state index is 0.0301. The van der Waals surface area contributed by atoms with Gasteiger partial charge in [-0.15, -0.1) is 0 Å². The summed E-state index contributed by atoms with van der Waals surface area (Å²) in [6, 6.07) is 8.67. The van der Waals surface area contributed by atoms with E-state index >= 15 is 0 Å². The molecule has 0 spiro atoms. The lowest BCUT2D eigenvalue weighted by Gasteiger charge is -2.17. The van der Waals surface area contributed by atoms with Crippen LogP contribution in [0.5, 0.6) is 28.7 Å². The Kier molecular flexibility index (Phi) is 6.36. The molecule has 0 bridgehead atoms. The van der Waals surface area contributed by atoms with Gasteiger partial charge in [-0.25, -0.2) is 0 Å². The van der Waals surface area contributed by atoms with Gasteiger partial charge in [0.2, 0.25) is 0 Å². The van der Waals surface area contributed by atoms with Crippen molar-refractivity contribution in [3.05, 3.63) is 41.5 Å².